The van der Waals surface area contributed by atoms with Crippen LogP contribution in [-0.4, -0.2) is 27.3 Å². The Morgan fingerprint density at radius 1 is 0.800 bits per heavy atom. The lowest BCUT2D eigenvalue weighted by Gasteiger charge is -2.09. The first-order valence-electron chi connectivity index (χ1n) is 11.2. The Morgan fingerprint density at radius 2 is 1.71 bits per heavy atom. The van der Waals surface area contributed by atoms with Crippen LogP contribution in [-0.2, 0) is 6.61 Å². The summed E-state index contributed by atoms with van der Waals surface area (Å²) in [6.07, 6.45) is 11.6. The molecule has 0 spiro atoms. The minimum Gasteiger partial charge on any atom is -0.496 e. The second-order valence-electron chi connectivity index (χ2n) is 7.85. The molecule has 0 aliphatic heterocycles. The van der Waals surface area contributed by atoms with E-state index in [9.17, 15) is 0 Å². The third-order valence-electron chi connectivity index (χ3n) is 5.49. The van der Waals surface area contributed by atoms with Crippen LogP contribution >= 0.6 is 0 Å². The molecule has 5 aromatic rings. The van der Waals surface area contributed by atoms with E-state index in [0.29, 0.717) is 6.61 Å². The van der Waals surface area contributed by atoms with Crippen LogP contribution in [0.5, 0.6) is 11.5 Å². The molecule has 0 fully saturated rings. The summed E-state index contributed by atoms with van der Waals surface area (Å²) in [5.74, 6) is 1.44. The van der Waals surface area contributed by atoms with Crippen molar-refractivity contribution in [2.45, 2.75) is 6.61 Å². The summed E-state index contributed by atoms with van der Waals surface area (Å²) in [5.41, 5.74) is 5.62. The summed E-state index contributed by atoms with van der Waals surface area (Å²) in [6.45, 7) is 0.401. The molecule has 6 heteroatoms. The molecule has 0 atom stereocenters. The van der Waals surface area contributed by atoms with Crippen molar-refractivity contribution >= 4 is 35.2 Å². The largest absolute Gasteiger partial charge is 0.496 e. The number of nitrogens with one attached hydrogen (secondary N) is 1. The molecule has 3 aromatic heterocycles. The average Bonchev–Trinajstić information content (AvgIpc) is 3.38. The van der Waals surface area contributed by atoms with Crippen LogP contribution < -0.4 is 9.47 Å². The average molecular weight is 461 g/mol. The van der Waals surface area contributed by atoms with E-state index in [0.717, 1.165) is 50.6 Å². The Morgan fingerprint density at radius 3 is 2.60 bits per heavy atom. The molecule has 1 N–H and O–H groups in total. The molecule has 0 aliphatic rings. The van der Waals surface area contributed by atoms with Crippen molar-refractivity contribution in [3.63, 3.8) is 0 Å². The number of benzene rings is 2. The fourth-order valence-corrected chi connectivity index (χ4v) is 3.71. The number of rotatable bonds is 8. The summed E-state index contributed by atoms with van der Waals surface area (Å²) < 4.78 is 11.4. The summed E-state index contributed by atoms with van der Waals surface area (Å²) in [7, 11) is 1.65. The van der Waals surface area contributed by atoms with Crippen molar-refractivity contribution in [1.29, 1.82) is 0 Å². The van der Waals surface area contributed by atoms with Gasteiger partial charge in [0, 0.05) is 29.4 Å². The summed E-state index contributed by atoms with van der Waals surface area (Å²) in [4.78, 5) is 8.69. The first kappa shape index (κ1) is 22.1. The van der Waals surface area contributed by atoms with Crippen molar-refractivity contribution in [2.24, 2.45) is 0 Å². The first-order valence-corrected chi connectivity index (χ1v) is 11.2. The van der Waals surface area contributed by atoms with Gasteiger partial charge < -0.3 is 9.47 Å². The third-order valence-corrected chi connectivity index (χ3v) is 5.49. The van der Waals surface area contributed by atoms with Gasteiger partial charge >= 0.3 is 0 Å². The molecule has 0 bridgehead atoms. The van der Waals surface area contributed by atoms with E-state index >= 15 is 0 Å². The maximum atomic E-state index is 5.85. The fourth-order valence-electron chi connectivity index (χ4n) is 3.71. The number of hydrogen-bond acceptors (Lipinski definition) is 5. The van der Waals surface area contributed by atoms with Gasteiger partial charge in [0.15, 0.2) is 0 Å². The highest BCUT2D eigenvalue weighted by Crippen LogP contribution is 2.27. The number of H-pyrrole nitrogens is 1. The maximum Gasteiger partial charge on any atom is 0.130 e. The second kappa shape index (κ2) is 10.5. The Labute approximate surface area is 203 Å². The van der Waals surface area contributed by atoms with Crippen LogP contribution in [0.4, 0.5) is 0 Å². The lowest BCUT2D eigenvalue weighted by molar-refractivity contribution is 0.299. The van der Waals surface area contributed by atoms with Gasteiger partial charge in [0.25, 0.3) is 0 Å². The zero-order valence-electron chi connectivity index (χ0n) is 19.3. The predicted molar refractivity (Wildman–Crippen MR) is 140 cm³/mol. The quantitative estimate of drug-likeness (QED) is 0.295. The van der Waals surface area contributed by atoms with Gasteiger partial charge in [-0.15, -0.1) is 0 Å². The molecule has 0 amide bonds. The molecular weight excluding hydrogens is 436 g/mol. The highest BCUT2D eigenvalue weighted by atomic mass is 16.5. The third kappa shape index (κ3) is 5.45. The number of aromatic amines is 1. The topological polar surface area (TPSA) is 72.9 Å². The highest BCUT2D eigenvalue weighted by molar-refractivity contribution is 5.90. The Hall–Kier alpha value is -4.71. The molecule has 172 valence electrons. The van der Waals surface area contributed by atoms with Gasteiger partial charge in [0.05, 0.1) is 29.7 Å². The molecule has 0 aliphatic carbocycles. The number of pyridine rings is 2. The van der Waals surface area contributed by atoms with E-state index in [1.807, 2.05) is 78.9 Å². The summed E-state index contributed by atoms with van der Waals surface area (Å²) in [5, 5.41) is 8.58. The van der Waals surface area contributed by atoms with Crippen molar-refractivity contribution in [3.8, 4) is 11.5 Å². The van der Waals surface area contributed by atoms with Crippen molar-refractivity contribution in [1.82, 2.24) is 20.2 Å². The van der Waals surface area contributed by atoms with Crippen molar-refractivity contribution in [3.05, 3.63) is 113 Å². The summed E-state index contributed by atoms with van der Waals surface area (Å²) >= 11 is 0. The number of methoxy groups -OCH3 is 1. The van der Waals surface area contributed by atoms with Crippen molar-refractivity contribution < 1.29 is 9.47 Å². The highest BCUT2D eigenvalue weighted by Gasteiger charge is 2.05. The standard InChI is InChI=1S/C29H24N4O2/c1-34-29-19-26(35-20-25-7-2-3-16-30-25)15-12-22(29)11-14-24-18-23(32-33-24)13-10-21-6-4-9-28-27(21)8-5-17-31-28/h2-19H,20H2,1H3,(H,32,33). The first-order chi connectivity index (χ1) is 17.3. The Bertz CT molecular complexity index is 1480. The van der Waals surface area contributed by atoms with E-state index in [1.54, 1.807) is 19.5 Å². The fraction of sp³-hybridized carbons (Fsp3) is 0.0690. The molecule has 0 unspecified atom stereocenters. The predicted octanol–water partition coefficient (Wildman–Crippen LogP) is 6.28. The number of hydrogen-bond donors (Lipinski definition) is 1. The van der Waals surface area contributed by atoms with Crippen LogP contribution in [0.15, 0.2) is 85.2 Å². The molecular formula is C29H24N4O2. The van der Waals surface area contributed by atoms with Gasteiger partial charge in [-0.05, 0) is 66.3 Å². The molecule has 0 saturated carbocycles. The smallest absolute Gasteiger partial charge is 0.130 e. The monoisotopic (exact) mass is 460 g/mol. The zero-order chi connectivity index (χ0) is 23.9. The van der Waals surface area contributed by atoms with Gasteiger partial charge in [-0.1, -0.05) is 30.3 Å². The molecule has 3 heterocycles. The minimum absolute atomic E-state index is 0.401. The van der Waals surface area contributed by atoms with E-state index in [4.69, 9.17) is 9.47 Å². The van der Waals surface area contributed by atoms with E-state index in [1.165, 1.54) is 0 Å². The van der Waals surface area contributed by atoms with Crippen LogP contribution in [0.25, 0.3) is 35.2 Å². The SMILES string of the molecule is COc1cc(OCc2ccccn2)ccc1C=Cc1cc(C=Cc2cccc3ncccc23)[nH]n1. The van der Waals surface area contributed by atoms with Crippen molar-refractivity contribution in [2.75, 3.05) is 7.11 Å². The maximum absolute atomic E-state index is 5.85. The zero-order valence-corrected chi connectivity index (χ0v) is 19.3. The Kier molecular flexibility index (Phi) is 6.62. The van der Waals surface area contributed by atoms with Gasteiger partial charge in [0.1, 0.15) is 18.1 Å². The number of aromatic nitrogens is 4. The number of nitrogens with zero attached hydrogens (tertiary/aromatic N) is 3. The normalized spacial score (nSPS) is 11.5. The lowest BCUT2D eigenvalue weighted by atomic mass is 10.1. The second-order valence-corrected chi connectivity index (χ2v) is 7.85. The molecule has 6 nitrogen and oxygen atoms in total. The van der Waals surface area contributed by atoms with Gasteiger partial charge in [-0.3, -0.25) is 15.1 Å². The summed E-state index contributed by atoms with van der Waals surface area (Å²) in [6, 6.07) is 23.6. The van der Waals surface area contributed by atoms with Gasteiger partial charge in [-0.25, -0.2) is 0 Å². The van der Waals surface area contributed by atoms with Crippen LogP contribution in [0.3, 0.4) is 0 Å². The number of fused-ring (bicyclic) bond motifs is 1. The Balaban J connectivity index is 1.27. The van der Waals surface area contributed by atoms with E-state index < -0.39 is 0 Å². The van der Waals surface area contributed by atoms with E-state index in [-0.39, 0.29) is 0 Å². The lowest BCUT2D eigenvalue weighted by Crippen LogP contribution is -1.98. The molecule has 2 aromatic carbocycles. The molecule has 0 radical (unpaired) electrons. The van der Waals surface area contributed by atoms with Gasteiger partial charge in [0.2, 0.25) is 0 Å². The van der Waals surface area contributed by atoms with Gasteiger partial charge in [-0.2, -0.15) is 5.10 Å². The molecule has 5 rings (SSSR count). The molecule has 35 heavy (non-hydrogen) atoms. The van der Waals surface area contributed by atoms with Crippen LogP contribution in [0.2, 0.25) is 0 Å². The van der Waals surface area contributed by atoms with E-state index in [2.05, 4.69) is 38.4 Å². The van der Waals surface area contributed by atoms with Crippen LogP contribution in [0, 0.1) is 0 Å². The minimum atomic E-state index is 0.401. The number of ether oxygens (including phenoxy) is 2. The molecule has 0 saturated heterocycles. The van der Waals surface area contributed by atoms with Crippen LogP contribution in [0.1, 0.15) is 28.2 Å².